The van der Waals surface area contributed by atoms with Crippen molar-refractivity contribution >= 4 is 25.6 Å². The van der Waals surface area contributed by atoms with E-state index in [2.05, 4.69) is 14.2 Å². The number of benzene rings is 2. The smallest absolute Gasteiger partial charge is 0.227 e. The third-order valence-electron chi connectivity index (χ3n) is 4.21. The molecule has 0 saturated carbocycles. The molecule has 0 aliphatic carbocycles. The first kappa shape index (κ1) is 17.9. The number of aliphatic hydroxyl groups excluding tert-OH is 1. The molecule has 0 saturated heterocycles. The van der Waals surface area contributed by atoms with Crippen LogP contribution in [-0.2, 0) is 6.42 Å². The summed E-state index contributed by atoms with van der Waals surface area (Å²) in [4.78, 5) is 4.61. The summed E-state index contributed by atoms with van der Waals surface area (Å²) in [6, 6.07) is 11.8. The summed E-state index contributed by atoms with van der Waals surface area (Å²) < 4.78 is 11.2. The third-order valence-corrected chi connectivity index (χ3v) is 4.54. The molecule has 5 nitrogen and oxygen atoms in total. The molecule has 0 aliphatic rings. The highest BCUT2D eigenvalue weighted by Gasteiger charge is 2.17. The predicted molar refractivity (Wildman–Crippen MR) is 103 cm³/mol. The Balaban J connectivity index is 1.89. The highest BCUT2D eigenvalue weighted by Crippen LogP contribution is 2.27. The molecule has 0 spiro atoms. The van der Waals surface area contributed by atoms with Crippen molar-refractivity contribution in [3.05, 3.63) is 42.0 Å². The van der Waals surface area contributed by atoms with Gasteiger partial charge in [-0.3, -0.25) is 0 Å². The largest absolute Gasteiger partial charge is 0.497 e. The second kappa shape index (κ2) is 7.12. The maximum Gasteiger partial charge on any atom is 0.227 e. The van der Waals surface area contributed by atoms with E-state index in [1.165, 1.54) is 0 Å². The molecule has 2 atom stereocenters. The number of aryl methyl sites for hydroxylation is 1. The van der Waals surface area contributed by atoms with E-state index in [1.807, 2.05) is 43.3 Å². The fourth-order valence-corrected chi connectivity index (χ4v) is 2.97. The Morgan fingerprint density at radius 2 is 2.08 bits per heavy atom. The van der Waals surface area contributed by atoms with Crippen LogP contribution in [-0.4, -0.2) is 29.3 Å². The lowest BCUT2D eigenvalue weighted by Gasteiger charge is -2.21. The molecule has 6 heteroatoms. The molecule has 0 bridgehead atoms. The fourth-order valence-electron chi connectivity index (χ4n) is 2.62. The number of nitrogens with two attached hydrogens (primary N) is 1. The van der Waals surface area contributed by atoms with Crippen LogP contribution in [0.4, 0.5) is 0 Å². The van der Waals surface area contributed by atoms with Crippen molar-refractivity contribution in [1.82, 2.24) is 4.98 Å². The van der Waals surface area contributed by atoms with Gasteiger partial charge in [0.2, 0.25) is 5.89 Å². The third kappa shape index (κ3) is 4.18. The van der Waals surface area contributed by atoms with Gasteiger partial charge in [0.15, 0.2) is 5.58 Å². The lowest BCUT2D eigenvalue weighted by molar-refractivity contribution is 0.200. The van der Waals surface area contributed by atoms with Crippen LogP contribution in [0.5, 0.6) is 5.75 Å². The van der Waals surface area contributed by atoms with Gasteiger partial charge in [-0.1, -0.05) is 6.07 Å². The minimum Gasteiger partial charge on any atom is -0.497 e. The average Bonchev–Trinajstić information content (AvgIpc) is 3.03. The van der Waals surface area contributed by atoms with Crippen LogP contribution in [0, 0.1) is 0 Å². The molecule has 1 aromatic heterocycles. The Morgan fingerprint density at radius 3 is 2.80 bits per heavy atom. The molecule has 3 N–H and O–H groups in total. The summed E-state index contributed by atoms with van der Waals surface area (Å²) in [6.07, 6.45) is 1.48. The monoisotopic (exact) mass is 358 g/mol. The topological polar surface area (TPSA) is 81.5 Å². The van der Waals surface area contributed by atoms with Gasteiger partial charge < -0.3 is 20.0 Å². The van der Waals surface area contributed by atoms with Gasteiger partial charge in [0.05, 0.1) is 13.7 Å². The number of ether oxygens (including phenoxy) is 1. The molecule has 0 fully saturated rings. The molecule has 25 heavy (non-hydrogen) atoms. The molecule has 3 aromatic rings. The van der Waals surface area contributed by atoms with E-state index in [1.54, 1.807) is 7.11 Å². The summed E-state index contributed by atoms with van der Waals surface area (Å²) >= 11 is 0. The Hall–Kier alpha value is -1.94. The molecule has 0 radical (unpaired) electrons. The van der Waals surface area contributed by atoms with Crippen LogP contribution in [0.25, 0.3) is 22.6 Å². The van der Waals surface area contributed by atoms with Crippen molar-refractivity contribution in [2.24, 2.45) is 5.73 Å². The molecular formula is C19H23N2O3P. The molecule has 132 valence electrons. The molecule has 1 heterocycles. The first-order chi connectivity index (χ1) is 11.9. The quantitative estimate of drug-likeness (QED) is 0.662. The van der Waals surface area contributed by atoms with Crippen molar-refractivity contribution in [2.75, 3.05) is 13.7 Å². The van der Waals surface area contributed by atoms with Crippen LogP contribution in [0.1, 0.15) is 18.9 Å². The van der Waals surface area contributed by atoms with E-state index >= 15 is 0 Å². The number of hydrogen-bond donors (Lipinski definition) is 2. The molecule has 3 rings (SSSR count). The van der Waals surface area contributed by atoms with E-state index < -0.39 is 5.54 Å². The van der Waals surface area contributed by atoms with Crippen molar-refractivity contribution in [1.29, 1.82) is 0 Å². The Morgan fingerprint density at radius 1 is 1.28 bits per heavy atom. The first-order valence-electron chi connectivity index (χ1n) is 8.14. The highest BCUT2D eigenvalue weighted by molar-refractivity contribution is 7.27. The van der Waals surface area contributed by atoms with Crippen LogP contribution < -0.4 is 15.8 Å². The second-order valence-electron chi connectivity index (χ2n) is 6.63. The Kier molecular flexibility index (Phi) is 5.09. The number of rotatable bonds is 6. The van der Waals surface area contributed by atoms with Crippen LogP contribution in [0.15, 0.2) is 40.8 Å². The Labute approximate surface area is 149 Å². The van der Waals surface area contributed by atoms with Gasteiger partial charge >= 0.3 is 0 Å². The van der Waals surface area contributed by atoms with Gasteiger partial charge in [-0.15, -0.1) is 9.24 Å². The minimum absolute atomic E-state index is 0.0312. The standard InChI is InChI=1S/C19H23N2O3P/c1-19(20,11-22)6-5-12-3-4-17-16(7-12)21-18(24-17)13-8-14(23-2)10-15(25)9-13/h3-4,7-10,22H,5-6,11,20,25H2,1-2H3/t19-/m1/s1. The Bertz CT molecular complexity index is 890. The number of oxazole rings is 1. The predicted octanol–water partition coefficient (Wildman–Crippen LogP) is 2.65. The van der Waals surface area contributed by atoms with Gasteiger partial charge in [-0.05, 0) is 61.0 Å². The van der Waals surface area contributed by atoms with E-state index in [9.17, 15) is 5.11 Å². The molecule has 0 amide bonds. The van der Waals surface area contributed by atoms with Crippen LogP contribution in [0.3, 0.4) is 0 Å². The maximum absolute atomic E-state index is 9.27. The molecule has 2 aromatic carbocycles. The molecular weight excluding hydrogens is 335 g/mol. The fraction of sp³-hybridized carbons (Fsp3) is 0.316. The summed E-state index contributed by atoms with van der Waals surface area (Å²) in [6.45, 7) is 1.82. The molecule has 0 aliphatic heterocycles. The zero-order valence-corrected chi connectivity index (χ0v) is 15.6. The van der Waals surface area contributed by atoms with Crippen molar-refractivity contribution < 1.29 is 14.3 Å². The van der Waals surface area contributed by atoms with Crippen molar-refractivity contribution in [3.63, 3.8) is 0 Å². The van der Waals surface area contributed by atoms with Gasteiger partial charge in [-0.25, -0.2) is 4.98 Å². The number of fused-ring (bicyclic) bond motifs is 1. The first-order valence-corrected chi connectivity index (χ1v) is 8.72. The second-order valence-corrected chi connectivity index (χ2v) is 7.29. The number of methoxy groups -OCH3 is 1. The summed E-state index contributed by atoms with van der Waals surface area (Å²) in [5.41, 5.74) is 8.97. The van der Waals surface area contributed by atoms with E-state index in [-0.39, 0.29) is 6.61 Å². The lowest BCUT2D eigenvalue weighted by Crippen LogP contribution is -2.40. The maximum atomic E-state index is 9.27. The van der Waals surface area contributed by atoms with E-state index in [0.29, 0.717) is 12.3 Å². The van der Waals surface area contributed by atoms with Gasteiger partial charge in [0, 0.05) is 11.1 Å². The van der Waals surface area contributed by atoms with Crippen molar-refractivity contribution in [3.8, 4) is 17.2 Å². The van der Waals surface area contributed by atoms with Crippen LogP contribution >= 0.6 is 9.24 Å². The lowest BCUT2D eigenvalue weighted by atomic mass is 9.95. The normalized spacial score (nSPS) is 13.8. The number of aliphatic hydroxyl groups is 1. The van der Waals surface area contributed by atoms with E-state index in [0.717, 1.165) is 39.7 Å². The summed E-state index contributed by atoms with van der Waals surface area (Å²) in [7, 11) is 4.30. The number of hydrogen-bond acceptors (Lipinski definition) is 5. The number of aromatic nitrogens is 1. The van der Waals surface area contributed by atoms with Gasteiger partial charge in [0.25, 0.3) is 0 Å². The highest BCUT2D eigenvalue weighted by atomic mass is 31.0. The zero-order valence-electron chi connectivity index (χ0n) is 14.5. The number of nitrogens with zero attached hydrogens (tertiary/aromatic N) is 1. The minimum atomic E-state index is -0.570. The zero-order chi connectivity index (χ0) is 18.0. The van der Waals surface area contributed by atoms with Crippen molar-refractivity contribution in [2.45, 2.75) is 25.3 Å². The van der Waals surface area contributed by atoms with Crippen LogP contribution in [0.2, 0.25) is 0 Å². The SMILES string of the molecule is COc1cc(P)cc(-c2nc3cc(CC[C@@](C)(N)CO)ccc3o2)c1. The average molecular weight is 358 g/mol. The van der Waals surface area contributed by atoms with Gasteiger partial charge in [0.1, 0.15) is 11.3 Å². The summed E-state index contributed by atoms with van der Waals surface area (Å²) in [5.74, 6) is 1.32. The van der Waals surface area contributed by atoms with Gasteiger partial charge in [-0.2, -0.15) is 0 Å². The summed E-state index contributed by atoms with van der Waals surface area (Å²) in [5, 5.41) is 10.3. The van der Waals surface area contributed by atoms with E-state index in [4.69, 9.17) is 14.9 Å². The molecule has 1 unspecified atom stereocenters.